The number of nitrogens with zero attached hydrogens (tertiary/aromatic N) is 2. The number of aryl methyl sites for hydroxylation is 4. The lowest BCUT2D eigenvalue weighted by atomic mass is 9.90. The van der Waals surface area contributed by atoms with Crippen LogP contribution in [0.1, 0.15) is 72.9 Å². The van der Waals surface area contributed by atoms with Gasteiger partial charge in [-0.2, -0.15) is 10.2 Å². The van der Waals surface area contributed by atoms with E-state index in [0.29, 0.717) is 0 Å². The zero-order valence-corrected chi connectivity index (χ0v) is 16.0. The molecule has 2 aliphatic rings. The van der Waals surface area contributed by atoms with Crippen molar-refractivity contribution in [2.75, 3.05) is 0 Å². The molecule has 0 aromatic heterocycles. The second-order valence-electron chi connectivity index (χ2n) is 7.75. The van der Waals surface area contributed by atoms with Crippen LogP contribution in [0.25, 0.3) is 0 Å². The minimum absolute atomic E-state index is 0.996. The van der Waals surface area contributed by atoms with E-state index in [-0.39, 0.29) is 0 Å². The molecule has 4 rings (SSSR count). The van der Waals surface area contributed by atoms with E-state index in [9.17, 15) is 0 Å². The van der Waals surface area contributed by atoms with Crippen molar-refractivity contribution in [1.29, 1.82) is 0 Å². The number of rotatable bonds is 3. The topological polar surface area (TPSA) is 24.7 Å². The maximum Gasteiger partial charge on any atom is 0.0672 e. The highest BCUT2D eigenvalue weighted by atomic mass is 15.2. The van der Waals surface area contributed by atoms with E-state index in [1.807, 2.05) is 0 Å². The average molecular weight is 345 g/mol. The fraction of sp³-hybridized carbons (Fsp3) is 0.417. The lowest BCUT2D eigenvalue weighted by molar-refractivity contribution is 0.685. The van der Waals surface area contributed by atoms with Gasteiger partial charge in [0.05, 0.1) is 11.4 Å². The van der Waals surface area contributed by atoms with Crippen LogP contribution in [-0.4, -0.2) is 11.4 Å². The molecule has 0 saturated heterocycles. The van der Waals surface area contributed by atoms with Crippen LogP contribution in [0.4, 0.5) is 0 Å². The molecule has 2 aliphatic carbocycles. The Bertz CT molecular complexity index is 800. The van der Waals surface area contributed by atoms with Gasteiger partial charge in [0.2, 0.25) is 0 Å². The maximum absolute atomic E-state index is 4.54. The third-order valence-electron chi connectivity index (χ3n) is 5.88. The smallest absolute Gasteiger partial charge is 0.0672 e. The summed E-state index contributed by atoms with van der Waals surface area (Å²) in [5, 5.41) is 9.07. The lowest BCUT2D eigenvalue weighted by Gasteiger charge is -2.16. The summed E-state index contributed by atoms with van der Waals surface area (Å²) in [7, 11) is 0. The second-order valence-corrected chi connectivity index (χ2v) is 7.75. The molecule has 0 fully saturated rings. The summed E-state index contributed by atoms with van der Waals surface area (Å²) in [5.74, 6) is 0. The van der Waals surface area contributed by atoms with E-state index < -0.39 is 0 Å². The average Bonchev–Trinajstić information content (AvgIpc) is 2.71. The van der Waals surface area contributed by atoms with Crippen molar-refractivity contribution in [1.82, 2.24) is 0 Å². The fourth-order valence-electron chi connectivity index (χ4n) is 4.18. The lowest BCUT2D eigenvalue weighted by Crippen LogP contribution is -2.06. The third kappa shape index (κ3) is 3.65. The quantitative estimate of drug-likeness (QED) is 0.506. The van der Waals surface area contributed by atoms with Crippen molar-refractivity contribution in [3.63, 3.8) is 0 Å². The van der Waals surface area contributed by atoms with Gasteiger partial charge in [0.1, 0.15) is 0 Å². The van der Waals surface area contributed by atoms with Gasteiger partial charge < -0.3 is 0 Å². The molecule has 0 saturated carbocycles. The molecule has 0 unspecified atom stereocenters. The Kier molecular flexibility index (Phi) is 5.01. The van der Waals surface area contributed by atoms with Gasteiger partial charge in [0, 0.05) is 0 Å². The standard InChI is InChI=1S/C24H28N2/c1-17(21-13-11-19-7-3-5-9-23(19)15-21)25-26-18(2)22-14-12-20-8-4-6-10-24(20)16-22/h11-16H,3-10H2,1-2H3/b25-17+,26-18+. The van der Waals surface area contributed by atoms with E-state index in [4.69, 9.17) is 0 Å². The Morgan fingerprint density at radius 3 is 1.38 bits per heavy atom. The van der Waals surface area contributed by atoms with Gasteiger partial charge in [0.25, 0.3) is 0 Å². The van der Waals surface area contributed by atoms with E-state index in [2.05, 4.69) is 60.4 Å². The van der Waals surface area contributed by atoms with Crippen molar-refractivity contribution < 1.29 is 0 Å². The van der Waals surface area contributed by atoms with Crippen LogP contribution in [0, 0.1) is 0 Å². The Morgan fingerprint density at radius 1 is 0.577 bits per heavy atom. The summed E-state index contributed by atoms with van der Waals surface area (Å²) in [6.45, 7) is 4.13. The summed E-state index contributed by atoms with van der Waals surface area (Å²) in [6, 6.07) is 13.6. The van der Waals surface area contributed by atoms with Gasteiger partial charge >= 0.3 is 0 Å². The highest BCUT2D eigenvalue weighted by Crippen LogP contribution is 2.24. The highest BCUT2D eigenvalue weighted by molar-refractivity contribution is 6.02. The Morgan fingerprint density at radius 2 is 0.962 bits per heavy atom. The SMILES string of the molecule is C/C(=N\N=C(/C)c1ccc2c(c1)CCCC2)c1ccc2c(c1)CCCC2. The number of hydrogen-bond donors (Lipinski definition) is 0. The molecule has 26 heavy (non-hydrogen) atoms. The fourth-order valence-corrected chi connectivity index (χ4v) is 4.18. The Hall–Kier alpha value is -2.22. The van der Waals surface area contributed by atoms with E-state index in [0.717, 1.165) is 11.4 Å². The predicted octanol–water partition coefficient (Wildman–Crippen LogP) is 5.68. The van der Waals surface area contributed by atoms with E-state index in [1.165, 1.54) is 84.7 Å². The van der Waals surface area contributed by atoms with Gasteiger partial charge in [-0.1, -0.05) is 24.3 Å². The summed E-state index contributed by atoms with van der Waals surface area (Å²) in [6.07, 6.45) is 10.1. The molecule has 2 aromatic carbocycles. The van der Waals surface area contributed by atoms with Crippen LogP contribution >= 0.6 is 0 Å². The first-order valence-corrected chi connectivity index (χ1v) is 10.0. The molecule has 2 heteroatoms. The van der Waals surface area contributed by atoms with Crippen LogP contribution in [-0.2, 0) is 25.7 Å². The minimum atomic E-state index is 0.996. The first kappa shape index (κ1) is 17.2. The van der Waals surface area contributed by atoms with E-state index >= 15 is 0 Å². The van der Waals surface area contributed by atoms with Crippen LogP contribution in [0.15, 0.2) is 46.6 Å². The Balaban J connectivity index is 1.55. The van der Waals surface area contributed by atoms with Crippen LogP contribution in [0.3, 0.4) is 0 Å². The maximum atomic E-state index is 4.54. The van der Waals surface area contributed by atoms with Gasteiger partial charge in [-0.15, -0.1) is 0 Å². The summed E-state index contributed by atoms with van der Waals surface area (Å²) >= 11 is 0. The predicted molar refractivity (Wildman–Crippen MR) is 111 cm³/mol. The molecule has 0 radical (unpaired) electrons. The zero-order valence-electron chi connectivity index (χ0n) is 16.0. The van der Waals surface area contributed by atoms with Crippen molar-refractivity contribution in [2.45, 2.75) is 65.2 Å². The second kappa shape index (κ2) is 7.57. The summed E-state index contributed by atoms with van der Waals surface area (Å²) in [5.41, 5.74) is 10.4. The van der Waals surface area contributed by atoms with Crippen molar-refractivity contribution >= 4 is 11.4 Å². The number of fused-ring (bicyclic) bond motifs is 2. The first-order valence-electron chi connectivity index (χ1n) is 10.0. The molecule has 134 valence electrons. The molecular weight excluding hydrogens is 316 g/mol. The summed E-state index contributed by atoms with van der Waals surface area (Å²) in [4.78, 5) is 0. The molecule has 0 bridgehead atoms. The van der Waals surface area contributed by atoms with Gasteiger partial charge in [-0.25, -0.2) is 0 Å². The van der Waals surface area contributed by atoms with Gasteiger partial charge in [-0.3, -0.25) is 0 Å². The molecule has 2 aromatic rings. The number of benzene rings is 2. The van der Waals surface area contributed by atoms with Gasteiger partial charge in [0.15, 0.2) is 0 Å². The van der Waals surface area contributed by atoms with Crippen molar-refractivity contribution in [2.24, 2.45) is 10.2 Å². The molecule has 0 spiro atoms. The first-order chi connectivity index (χ1) is 12.7. The van der Waals surface area contributed by atoms with Gasteiger partial charge in [-0.05, 0) is 111 Å². The van der Waals surface area contributed by atoms with Crippen LogP contribution in [0.2, 0.25) is 0 Å². The minimum Gasteiger partial charge on any atom is -0.155 e. The molecule has 0 amide bonds. The van der Waals surface area contributed by atoms with E-state index in [1.54, 1.807) is 0 Å². The Labute approximate surface area is 157 Å². The molecule has 2 nitrogen and oxygen atoms in total. The monoisotopic (exact) mass is 344 g/mol. The number of hydrogen-bond acceptors (Lipinski definition) is 2. The normalized spacial score (nSPS) is 17.6. The van der Waals surface area contributed by atoms with Crippen LogP contribution in [0.5, 0.6) is 0 Å². The molecule has 0 atom stereocenters. The summed E-state index contributed by atoms with van der Waals surface area (Å²) < 4.78 is 0. The van der Waals surface area contributed by atoms with Crippen molar-refractivity contribution in [3.8, 4) is 0 Å². The molecular formula is C24H28N2. The third-order valence-corrected chi connectivity index (χ3v) is 5.88. The van der Waals surface area contributed by atoms with Crippen LogP contribution < -0.4 is 0 Å². The largest absolute Gasteiger partial charge is 0.155 e. The molecule has 0 N–H and O–H groups in total. The zero-order chi connectivity index (χ0) is 17.9. The molecule has 0 aliphatic heterocycles. The van der Waals surface area contributed by atoms with Crippen molar-refractivity contribution in [3.05, 3.63) is 69.8 Å². The highest BCUT2D eigenvalue weighted by Gasteiger charge is 2.11. The molecule has 0 heterocycles.